The van der Waals surface area contributed by atoms with E-state index in [9.17, 15) is 4.79 Å². The van der Waals surface area contributed by atoms with E-state index in [0.29, 0.717) is 0 Å². The van der Waals surface area contributed by atoms with E-state index in [2.05, 4.69) is 0 Å². The van der Waals surface area contributed by atoms with Gasteiger partial charge in [-0.25, -0.2) is 4.79 Å². The van der Waals surface area contributed by atoms with Gasteiger partial charge in [-0.2, -0.15) is 0 Å². The summed E-state index contributed by atoms with van der Waals surface area (Å²) in [4.78, 5) is 10.5. The molecule has 0 aliphatic heterocycles. The van der Waals surface area contributed by atoms with Crippen molar-refractivity contribution in [2.45, 2.75) is 51.7 Å². The first kappa shape index (κ1) is 14.0. The van der Waals surface area contributed by atoms with Crippen LogP contribution in [0.1, 0.15) is 39.5 Å². The molecule has 0 fully saturated rings. The second kappa shape index (κ2) is 8.29. The van der Waals surface area contributed by atoms with Gasteiger partial charge in [-0.05, 0) is 31.8 Å². The van der Waals surface area contributed by atoms with Gasteiger partial charge in [0, 0.05) is 6.04 Å². The van der Waals surface area contributed by atoms with Crippen molar-refractivity contribution in [2.75, 3.05) is 0 Å². The number of hydrogen-bond acceptors (Lipinski definition) is 3. The van der Waals surface area contributed by atoms with E-state index in [-0.39, 0.29) is 12.1 Å². The van der Waals surface area contributed by atoms with Gasteiger partial charge in [0.25, 0.3) is 0 Å². The molecule has 88 valence electrons. The summed E-state index contributed by atoms with van der Waals surface area (Å²) in [6.45, 7) is 4.00. The molecule has 1 aliphatic carbocycles. The molecule has 4 nitrogen and oxygen atoms in total. The third-order valence-corrected chi connectivity index (χ3v) is 2.12. The second-order valence-electron chi connectivity index (χ2n) is 3.33. The lowest BCUT2D eigenvalue weighted by molar-refractivity contribution is 0.122. The Balaban J connectivity index is 0.000000921. The van der Waals surface area contributed by atoms with E-state index < -0.39 is 6.09 Å². The lowest BCUT2D eigenvalue weighted by Gasteiger charge is -2.17. The highest BCUT2D eigenvalue weighted by Crippen LogP contribution is 2.13. The van der Waals surface area contributed by atoms with Crippen LogP contribution in [-0.2, 0) is 4.74 Å². The van der Waals surface area contributed by atoms with Crippen LogP contribution in [0.2, 0.25) is 0 Å². The first-order chi connectivity index (χ1) is 7.18. The molecule has 0 bridgehead atoms. The Morgan fingerprint density at radius 1 is 1.40 bits per heavy atom. The Kier molecular flexibility index (Phi) is 7.72. The Morgan fingerprint density at radius 2 is 2.07 bits per heavy atom. The van der Waals surface area contributed by atoms with Crippen LogP contribution in [0, 0.1) is 0 Å². The molecule has 0 heterocycles. The minimum absolute atomic E-state index is 0.162. The number of carbonyl (C=O) groups excluding carboxylic acids is 1. The zero-order valence-corrected chi connectivity index (χ0v) is 9.61. The fourth-order valence-corrected chi connectivity index (χ4v) is 1.45. The average molecular weight is 214 g/mol. The third-order valence-electron chi connectivity index (χ3n) is 2.12. The van der Waals surface area contributed by atoms with Crippen molar-refractivity contribution in [3.63, 3.8) is 0 Å². The first-order valence-electron chi connectivity index (χ1n) is 5.57. The molecule has 15 heavy (non-hydrogen) atoms. The lowest BCUT2D eigenvalue weighted by Crippen LogP contribution is -2.25. The lowest BCUT2D eigenvalue weighted by atomic mass is 10.0. The van der Waals surface area contributed by atoms with Gasteiger partial charge in [-0.15, -0.1) is 0 Å². The van der Waals surface area contributed by atoms with Crippen LogP contribution in [0.25, 0.3) is 0 Å². The summed E-state index contributed by atoms with van der Waals surface area (Å²) in [5.74, 6) is 0. The number of nitrogens with two attached hydrogens (primary N) is 2. The maximum Gasteiger partial charge on any atom is 0.405 e. The van der Waals surface area contributed by atoms with E-state index in [0.717, 1.165) is 25.7 Å². The molecule has 1 aliphatic rings. The summed E-state index contributed by atoms with van der Waals surface area (Å²) in [5.41, 5.74) is 10.7. The maximum atomic E-state index is 10.5. The van der Waals surface area contributed by atoms with Crippen molar-refractivity contribution in [3.8, 4) is 0 Å². The molecule has 2 unspecified atom stereocenters. The minimum atomic E-state index is -0.709. The Hall–Kier alpha value is -1.03. The average Bonchev–Trinajstić information content (AvgIpc) is 2.16. The van der Waals surface area contributed by atoms with Crippen molar-refractivity contribution in [2.24, 2.45) is 11.5 Å². The van der Waals surface area contributed by atoms with Gasteiger partial charge in [0.1, 0.15) is 6.10 Å². The van der Waals surface area contributed by atoms with Gasteiger partial charge in [0.2, 0.25) is 0 Å². The summed E-state index contributed by atoms with van der Waals surface area (Å²) >= 11 is 0. The van der Waals surface area contributed by atoms with E-state index in [1.165, 1.54) is 0 Å². The van der Waals surface area contributed by atoms with Crippen molar-refractivity contribution < 1.29 is 9.53 Å². The summed E-state index contributed by atoms with van der Waals surface area (Å²) in [5, 5.41) is 0. The van der Waals surface area contributed by atoms with E-state index in [4.69, 9.17) is 16.2 Å². The smallest absolute Gasteiger partial charge is 0.405 e. The van der Waals surface area contributed by atoms with Crippen molar-refractivity contribution in [1.82, 2.24) is 0 Å². The molecule has 1 rings (SSSR count). The van der Waals surface area contributed by atoms with Crippen LogP contribution >= 0.6 is 0 Å². The third kappa shape index (κ3) is 6.96. The van der Waals surface area contributed by atoms with Gasteiger partial charge in [0.05, 0.1) is 0 Å². The SMILES string of the molecule is CC.NC(=O)OC1/C=C/CC(N)CCC1. The van der Waals surface area contributed by atoms with E-state index in [1.54, 1.807) is 0 Å². The van der Waals surface area contributed by atoms with E-state index in [1.807, 2.05) is 26.0 Å². The maximum absolute atomic E-state index is 10.5. The molecule has 0 saturated carbocycles. The standard InChI is InChI=1S/C9H16N2O2.C2H6/c10-7-3-1-5-8(6-2-4-7)13-9(11)12;1-2/h1,5,7-8H,2-4,6,10H2,(H2,11,12);1-2H3/b5-1+;. The molecular weight excluding hydrogens is 192 g/mol. The van der Waals surface area contributed by atoms with Gasteiger partial charge < -0.3 is 16.2 Å². The van der Waals surface area contributed by atoms with Crippen molar-refractivity contribution in [3.05, 3.63) is 12.2 Å². The number of primary amides is 1. The topological polar surface area (TPSA) is 78.3 Å². The number of amides is 1. The summed E-state index contributed by atoms with van der Waals surface area (Å²) in [7, 11) is 0. The van der Waals surface area contributed by atoms with Gasteiger partial charge in [-0.3, -0.25) is 0 Å². The number of carbonyl (C=O) groups is 1. The summed E-state index contributed by atoms with van der Waals surface area (Å²) in [6.07, 6.45) is 6.56. The molecule has 2 atom stereocenters. The molecule has 0 aromatic carbocycles. The highest BCUT2D eigenvalue weighted by molar-refractivity contribution is 5.65. The van der Waals surface area contributed by atoms with Crippen LogP contribution in [0.3, 0.4) is 0 Å². The zero-order valence-electron chi connectivity index (χ0n) is 9.61. The molecule has 0 aromatic heterocycles. The van der Waals surface area contributed by atoms with Crippen LogP contribution in [0.15, 0.2) is 12.2 Å². The van der Waals surface area contributed by atoms with Crippen molar-refractivity contribution >= 4 is 6.09 Å². The fourth-order valence-electron chi connectivity index (χ4n) is 1.45. The summed E-state index contributed by atoms with van der Waals surface area (Å²) < 4.78 is 4.87. The molecular formula is C11H22N2O2. The van der Waals surface area contributed by atoms with Crippen LogP contribution in [0.5, 0.6) is 0 Å². The predicted molar refractivity (Wildman–Crippen MR) is 61.4 cm³/mol. The Morgan fingerprint density at radius 3 is 2.67 bits per heavy atom. The number of hydrogen-bond donors (Lipinski definition) is 2. The van der Waals surface area contributed by atoms with Crippen molar-refractivity contribution in [1.29, 1.82) is 0 Å². The highest BCUT2D eigenvalue weighted by atomic mass is 16.6. The van der Waals surface area contributed by atoms with Crippen LogP contribution < -0.4 is 11.5 Å². The summed E-state index contributed by atoms with van der Waals surface area (Å²) in [6, 6.07) is 0.241. The molecule has 0 saturated heterocycles. The number of ether oxygens (including phenoxy) is 1. The first-order valence-corrected chi connectivity index (χ1v) is 5.57. The molecule has 0 aromatic rings. The molecule has 4 heteroatoms. The monoisotopic (exact) mass is 214 g/mol. The van der Waals surface area contributed by atoms with E-state index >= 15 is 0 Å². The predicted octanol–water partition coefficient (Wildman–Crippen LogP) is 1.93. The quantitative estimate of drug-likeness (QED) is 0.655. The van der Waals surface area contributed by atoms with Gasteiger partial charge in [0.15, 0.2) is 0 Å². The second-order valence-corrected chi connectivity index (χ2v) is 3.33. The highest BCUT2D eigenvalue weighted by Gasteiger charge is 2.12. The van der Waals surface area contributed by atoms with Crippen LogP contribution in [-0.4, -0.2) is 18.2 Å². The fraction of sp³-hybridized carbons (Fsp3) is 0.727. The van der Waals surface area contributed by atoms with Gasteiger partial charge >= 0.3 is 6.09 Å². The number of rotatable bonds is 1. The molecule has 1 amide bonds. The van der Waals surface area contributed by atoms with Gasteiger partial charge in [-0.1, -0.05) is 19.9 Å². The normalized spacial score (nSPS) is 27.7. The molecule has 4 N–H and O–H groups in total. The molecule has 0 radical (unpaired) electrons. The zero-order chi connectivity index (χ0) is 11.7. The Labute approximate surface area is 91.7 Å². The van der Waals surface area contributed by atoms with Crippen LogP contribution in [0.4, 0.5) is 4.79 Å². The Bertz CT molecular complexity index is 205. The largest absolute Gasteiger partial charge is 0.442 e. The molecule has 0 spiro atoms. The minimum Gasteiger partial charge on any atom is -0.442 e.